The lowest BCUT2D eigenvalue weighted by Crippen LogP contribution is -2.14. The third-order valence-corrected chi connectivity index (χ3v) is 3.35. The smallest absolute Gasteiger partial charge is 0.384 e. The largest absolute Gasteiger partial charge is 0.433 e. The number of hydrogen-bond acceptors (Lipinski definition) is 2. The summed E-state index contributed by atoms with van der Waals surface area (Å²) in [6.07, 6.45) is -3.85. The standard InChI is InChI=1S/C15H16F4N2/c1-4-7-20-13-9(3)14(15(17,18)19)21-12-8(2)5-6-10(16)11(12)13/h5-6H,4,7H2,1-3H3,(H,20,21). The van der Waals surface area contributed by atoms with Crippen LogP contribution in [0.3, 0.4) is 0 Å². The first-order valence-electron chi connectivity index (χ1n) is 6.67. The molecule has 6 heteroatoms. The van der Waals surface area contributed by atoms with Crippen LogP contribution >= 0.6 is 0 Å². The molecule has 2 rings (SSSR count). The Morgan fingerprint density at radius 2 is 1.86 bits per heavy atom. The second-order valence-corrected chi connectivity index (χ2v) is 4.97. The maximum Gasteiger partial charge on any atom is 0.433 e. The zero-order valence-corrected chi connectivity index (χ0v) is 12.0. The normalized spacial score (nSPS) is 12.0. The average molecular weight is 300 g/mol. The van der Waals surface area contributed by atoms with Crippen molar-refractivity contribution in [3.63, 3.8) is 0 Å². The third-order valence-electron chi connectivity index (χ3n) is 3.35. The van der Waals surface area contributed by atoms with Crippen LogP contribution in [0, 0.1) is 19.7 Å². The van der Waals surface area contributed by atoms with Crippen molar-refractivity contribution in [3.8, 4) is 0 Å². The second-order valence-electron chi connectivity index (χ2n) is 4.97. The van der Waals surface area contributed by atoms with E-state index >= 15 is 0 Å². The summed E-state index contributed by atoms with van der Waals surface area (Å²) in [7, 11) is 0. The van der Waals surface area contributed by atoms with Gasteiger partial charge in [-0.3, -0.25) is 0 Å². The van der Waals surface area contributed by atoms with Gasteiger partial charge in [-0.25, -0.2) is 9.37 Å². The molecule has 0 saturated heterocycles. The summed E-state index contributed by atoms with van der Waals surface area (Å²) >= 11 is 0. The van der Waals surface area contributed by atoms with E-state index in [0.717, 1.165) is 6.42 Å². The van der Waals surface area contributed by atoms with Gasteiger partial charge in [0.05, 0.1) is 16.6 Å². The van der Waals surface area contributed by atoms with Crippen molar-refractivity contribution in [2.24, 2.45) is 0 Å². The first-order chi connectivity index (χ1) is 9.77. The number of nitrogens with one attached hydrogen (secondary N) is 1. The summed E-state index contributed by atoms with van der Waals surface area (Å²) in [6, 6.07) is 2.69. The molecule has 0 unspecified atom stereocenters. The van der Waals surface area contributed by atoms with E-state index in [1.54, 1.807) is 6.92 Å². The van der Waals surface area contributed by atoms with Gasteiger partial charge in [-0.2, -0.15) is 13.2 Å². The summed E-state index contributed by atoms with van der Waals surface area (Å²) in [4.78, 5) is 3.67. The number of aromatic nitrogens is 1. The Labute approximate surface area is 120 Å². The molecule has 1 N–H and O–H groups in total. The number of pyridine rings is 1. The molecule has 2 aromatic rings. The highest BCUT2D eigenvalue weighted by Crippen LogP contribution is 2.38. The minimum absolute atomic E-state index is 0.0477. The highest BCUT2D eigenvalue weighted by Gasteiger charge is 2.36. The van der Waals surface area contributed by atoms with Gasteiger partial charge < -0.3 is 5.32 Å². The Bertz CT molecular complexity index is 678. The van der Waals surface area contributed by atoms with Crippen LogP contribution in [-0.2, 0) is 6.18 Å². The van der Waals surface area contributed by atoms with Gasteiger partial charge in [0.2, 0.25) is 0 Å². The highest BCUT2D eigenvalue weighted by atomic mass is 19.4. The third kappa shape index (κ3) is 2.80. The van der Waals surface area contributed by atoms with E-state index in [2.05, 4.69) is 10.3 Å². The van der Waals surface area contributed by atoms with Crippen LogP contribution < -0.4 is 5.32 Å². The van der Waals surface area contributed by atoms with E-state index in [-0.39, 0.29) is 22.2 Å². The van der Waals surface area contributed by atoms with Gasteiger partial charge in [0.25, 0.3) is 0 Å². The number of aryl methyl sites for hydroxylation is 1. The average Bonchev–Trinajstić information content (AvgIpc) is 2.40. The zero-order chi connectivity index (χ0) is 15.8. The highest BCUT2D eigenvalue weighted by molar-refractivity contribution is 5.95. The number of fused-ring (bicyclic) bond motifs is 1. The molecule has 0 atom stereocenters. The number of hydrogen-bond donors (Lipinski definition) is 1. The van der Waals surface area contributed by atoms with Crippen molar-refractivity contribution in [2.45, 2.75) is 33.4 Å². The number of halogens is 4. The summed E-state index contributed by atoms with van der Waals surface area (Å²) in [6.45, 7) is 5.28. The van der Waals surface area contributed by atoms with Gasteiger partial charge in [0, 0.05) is 12.1 Å². The molecule has 2 nitrogen and oxygen atoms in total. The zero-order valence-electron chi connectivity index (χ0n) is 12.0. The Hall–Kier alpha value is -1.85. The lowest BCUT2D eigenvalue weighted by atomic mass is 10.0. The maximum absolute atomic E-state index is 14.1. The molecular formula is C15H16F4N2. The van der Waals surface area contributed by atoms with Gasteiger partial charge in [-0.1, -0.05) is 13.0 Å². The minimum Gasteiger partial charge on any atom is -0.384 e. The Balaban J connectivity index is 2.86. The quantitative estimate of drug-likeness (QED) is 0.821. The van der Waals surface area contributed by atoms with Crippen molar-refractivity contribution in [1.82, 2.24) is 4.98 Å². The Morgan fingerprint density at radius 1 is 1.19 bits per heavy atom. The number of rotatable bonds is 3. The van der Waals surface area contributed by atoms with Gasteiger partial charge in [-0.15, -0.1) is 0 Å². The van der Waals surface area contributed by atoms with E-state index in [4.69, 9.17) is 0 Å². The second kappa shape index (κ2) is 5.50. The summed E-state index contributed by atoms with van der Waals surface area (Å²) in [5.74, 6) is -0.571. The molecular weight excluding hydrogens is 284 g/mol. The molecule has 0 fully saturated rings. The molecule has 0 aliphatic heterocycles. The van der Waals surface area contributed by atoms with Crippen molar-refractivity contribution in [1.29, 1.82) is 0 Å². The molecule has 21 heavy (non-hydrogen) atoms. The number of anilines is 1. The van der Waals surface area contributed by atoms with Gasteiger partial charge in [0.15, 0.2) is 0 Å². The van der Waals surface area contributed by atoms with Crippen LogP contribution in [0.15, 0.2) is 12.1 Å². The van der Waals surface area contributed by atoms with E-state index < -0.39 is 17.7 Å². The Kier molecular flexibility index (Phi) is 4.07. The number of benzene rings is 1. The molecule has 0 spiro atoms. The predicted octanol–water partition coefficient (Wildman–Crippen LogP) is 4.83. The molecule has 0 aliphatic rings. The molecule has 0 saturated carbocycles. The fourth-order valence-electron chi connectivity index (χ4n) is 2.30. The van der Waals surface area contributed by atoms with Gasteiger partial charge in [-0.05, 0) is 31.9 Å². The van der Waals surface area contributed by atoms with E-state index in [1.807, 2.05) is 6.92 Å². The summed E-state index contributed by atoms with van der Waals surface area (Å²) in [5.41, 5.74) is -0.311. The maximum atomic E-state index is 14.1. The molecule has 0 bridgehead atoms. The Morgan fingerprint density at radius 3 is 2.43 bits per heavy atom. The topological polar surface area (TPSA) is 24.9 Å². The van der Waals surface area contributed by atoms with E-state index in [9.17, 15) is 17.6 Å². The monoisotopic (exact) mass is 300 g/mol. The number of nitrogens with zero attached hydrogens (tertiary/aromatic N) is 1. The fraction of sp³-hybridized carbons (Fsp3) is 0.400. The minimum atomic E-state index is -4.57. The van der Waals surface area contributed by atoms with Crippen LogP contribution in [0.25, 0.3) is 10.9 Å². The van der Waals surface area contributed by atoms with Crippen molar-refractivity contribution in [3.05, 3.63) is 34.8 Å². The van der Waals surface area contributed by atoms with Crippen LogP contribution in [0.2, 0.25) is 0 Å². The van der Waals surface area contributed by atoms with E-state index in [0.29, 0.717) is 12.1 Å². The van der Waals surface area contributed by atoms with Crippen LogP contribution in [0.5, 0.6) is 0 Å². The van der Waals surface area contributed by atoms with Crippen LogP contribution in [0.4, 0.5) is 23.2 Å². The van der Waals surface area contributed by atoms with E-state index in [1.165, 1.54) is 19.1 Å². The van der Waals surface area contributed by atoms with Crippen LogP contribution in [0.1, 0.15) is 30.2 Å². The number of alkyl halides is 3. The SMILES string of the molecule is CCCNc1c(C)c(C(F)(F)F)nc2c(C)ccc(F)c12. The molecule has 1 aromatic heterocycles. The first-order valence-corrected chi connectivity index (χ1v) is 6.67. The van der Waals surface area contributed by atoms with Crippen molar-refractivity contribution in [2.75, 3.05) is 11.9 Å². The predicted molar refractivity (Wildman–Crippen MR) is 75.0 cm³/mol. The molecule has 1 aromatic carbocycles. The van der Waals surface area contributed by atoms with Crippen molar-refractivity contribution >= 4 is 16.6 Å². The summed E-state index contributed by atoms with van der Waals surface area (Å²) < 4.78 is 53.5. The lowest BCUT2D eigenvalue weighted by Gasteiger charge is -2.18. The molecule has 114 valence electrons. The van der Waals surface area contributed by atoms with Crippen molar-refractivity contribution < 1.29 is 17.6 Å². The van der Waals surface area contributed by atoms with Crippen LogP contribution in [-0.4, -0.2) is 11.5 Å². The molecule has 0 aliphatic carbocycles. The summed E-state index contributed by atoms with van der Waals surface area (Å²) in [5, 5.41) is 3.03. The van der Waals surface area contributed by atoms with Gasteiger partial charge in [0.1, 0.15) is 11.5 Å². The molecule has 0 radical (unpaired) electrons. The lowest BCUT2D eigenvalue weighted by molar-refractivity contribution is -0.141. The fourth-order valence-corrected chi connectivity index (χ4v) is 2.30. The first kappa shape index (κ1) is 15.5. The van der Waals surface area contributed by atoms with Gasteiger partial charge >= 0.3 is 6.18 Å². The molecule has 0 amide bonds. The molecule has 1 heterocycles.